The second kappa shape index (κ2) is 5.38. The smallest absolute Gasteiger partial charge is 0.406 e. The van der Waals surface area contributed by atoms with Gasteiger partial charge in [-0.2, -0.15) is 0 Å². The first-order valence-electron chi connectivity index (χ1n) is 6.16. The van der Waals surface area contributed by atoms with Crippen molar-refractivity contribution in [3.8, 4) is 5.75 Å². The van der Waals surface area contributed by atoms with Crippen molar-refractivity contribution < 1.29 is 17.9 Å². The van der Waals surface area contributed by atoms with E-state index in [0.717, 1.165) is 18.7 Å². The Hall–Kier alpha value is -1.27. The zero-order valence-electron chi connectivity index (χ0n) is 10.7. The maximum Gasteiger partial charge on any atom is 0.573 e. The van der Waals surface area contributed by atoms with Gasteiger partial charge in [-0.05, 0) is 23.6 Å². The molecular formula is C13H17F3N2O. The van der Waals surface area contributed by atoms with Gasteiger partial charge in [-0.1, -0.05) is 19.1 Å². The Morgan fingerprint density at radius 2 is 1.89 bits per heavy atom. The number of halogens is 3. The first-order chi connectivity index (χ1) is 8.83. The van der Waals surface area contributed by atoms with Crippen LogP contribution in [0.5, 0.6) is 5.75 Å². The van der Waals surface area contributed by atoms with E-state index in [9.17, 15) is 13.2 Å². The molecule has 2 rings (SSSR count). The van der Waals surface area contributed by atoms with E-state index in [1.807, 2.05) is 0 Å². The van der Waals surface area contributed by atoms with Gasteiger partial charge < -0.3 is 10.5 Å². The summed E-state index contributed by atoms with van der Waals surface area (Å²) < 4.78 is 39.9. The highest BCUT2D eigenvalue weighted by Crippen LogP contribution is 2.24. The molecule has 1 aromatic rings. The van der Waals surface area contributed by atoms with E-state index in [1.165, 1.54) is 12.1 Å². The van der Waals surface area contributed by atoms with Gasteiger partial charge in [-0.25, -0.2) is 0 Å². The molecular weight excluding hydrogens is 257 g/mol. The summed E-state index contributed by atoms with van der Waals surface area (Å²) in [5.41, 5.74) is 6.88. The molecule has 6 heteroatoms. The lowest BCUT2D eigenvalue weighted by Gasteiger charge is -2.15. The lowest BCUT2D eigenvalue weighted by atomic mass is 10.1. The Morgan fingerprint density at radius 3 is 2.37 bits per heavy atom. The van der Waals surface area contributed by atoms with Crippen LogP contribution in [0.1, 0.15) is 12.5 Å². The van der Waals surface area contributed by atoms with Gasteiger partial charge in [0.25, 0.3) is 0 Å². The third-order valence-corrected chi connectivity index (χ3v) is 3.31. The predicted octanol–water partition coefficient (Wildman–Crippen LogP) is 2.36. The van der Waals surface area contributed by atoms with Crippen LogP contribution in [-0.4, -0.2) is 30.4 Å². The molecule has 0 saturated carbocycles. The van der Waals surface area contributed by atoms with Crippen molar-refractivity contribution >= 4 is 0 Å². The number of benzene rings is 1. The standard InChI is InChI=1S/C13H17F3N2O/c1-9-6-18(8-12(9)17)7-10-2-4-11(5-3-10)19-13(14,15)16/h2-5,9,12H,6-8,17H2,1H3. The van der Waals surface area contributed by atoms with E-state index in [0.29, 0.717) is 12.5 Å². The summed E-state index contributed by atoms with van der Waals surface area (Å²) in [6.07, 6.45) is -4.64. The maximum atomic E-state index is 12.0. The Morgan fingerprint density at radius 1 is 1.26 bits per heavy atom. The third kappa shape index (κ3) is 4.11. The monoisotopic (exact) mass is 274 g/mol. The van der Waals surface area contributed by atoms with Crippen LogP contribution in [0.25, 0.3) is 0 Å². The summed E-state index contributed by atoms with van der Waals surface area (Å²) >= 11 is 0. The van der Waals surface area contributed by atoms with Crippen molar-refractivity contribution in [3.05, 3.63) is 29.8 Å². The number of alkyl halides is 3. The molecule has 2 unspecified atom stereocenters. The molecule has 1 fully saturated rings. The van der Waals surface area contributed by atoms with Crippen molar-refractivity contribution in [1.29, 1.82) is 0 Å². The second-order valence-corrected chi connectivity index (χ2v) is 5.03. The van der Waals surface area contributed by atoms with Crippen LogP contribution in [0.4, 0.5) is 13.2 Å². The van der Waals surface area contributed by atoms with Crippen LogP contribution in [0.15, 0.2) is 24.3 Å². The molecule has 0 amide bonds. The van der Waals surface area contributed by atoms with E-state index < -0.39 is 6.36 Å². The van der Waals surface area contributed by atoms with Gasteiger partial charge in [0.2, 0.25) is 0 Å². The van der Waals surface area contributed by atoms with Crippen molar-refractivity contribution in [3.63, 3.8) is 0 Å². The number of ether oxygens (including phenoxy) is 1. The molecule has 2 N–H and O–H groups in total. The molecule has 3 nitrogen and oxygen atoms in total. The van der Waals surface area contributed by atoms with Crippen LogP contribution < -0.4 is 10.5 Å². The molecule has 1 aromatic carbocycles. The van der Waals surface area contributed by atoms with Gasteiger partial charge >= 0.3 is 6.36 Å². The van der Waals surface area contributed by atoms with E-state index in [1.54, 1.807) is 12.1 Å². The average molecular weight is 274 g/mol. The molecule has 19 heavy (non-hydrogen) atoms. The van der Waals surface area contributed by atoms with Crippen molar-refractivity contribution in [2.45, 2.75) is 25.9 Å². The quantitative estimate of drug-likeness (QED) is 0.919. The van der Waals surface area contributed by atoms with Gasteiger partial charge in [0.15, 0.2) is 0 Å². The summed E-state index contributed by atoms with van der Waals surface area (Å²) in [5, 5.41) is 0. The minimum Gasteiger partial charge on any atom is -0.406 e. The lowest BCUT2D eigenvalue weighted by molar-refractivity contribution is -0.274. The highest BCUT2D eigenvalue weighted by atomic mass is 19.4. The topological polar surface area (TPSA) is 38.5 Å². The van der Waals surface area contributed by atoms with Crippen LogP contribution in [-0.2, 0) is 6.54 Å². The molecule has 1 heterocycles. The molecule has 0 aromatic heterocycles. The molecule has 0 bridgehead atoms. The minimum atomic E-state index is -4.64. The van der Waals surface area contributed by atoms with Crippen molar-refractivity contribution in [1.82, 2.24) is 4.90 Å². The molecule has 1 aliphatic heterocycles. The molecule has 0 radical (unpaired) electrons. The van der Waals surface area contributed by atoms with E-state index in [2.05, 4.69) is 16.6 Å². The van der Waals surface area contributed by atoms with Crippen LogP contribution in [0.3, 0.4) is 0 Å². The molecule has 106 valence electrons. The fourth-order valence-electron chi connectivity index (χ4n) is 2.28. The van der Waals surface area contributed by atoms with Crippen LogP contribution in [0.2, 0.25) is 0 Å². The molecule has 1 saturated heterocycles. The summed E-state index contributed by atoms with van der Waals surface area (Å²) in [4.78, 5) is 2.20. The van der Waals surface area contributed by atoms with Gasteiger partial charge in [-0.15, -0.1) is 13.2 Å². The van der Waals surface area contributed by atoms with Crippen molar-refractivity contribution in [2.24, 2.45) is 11.7 Å². The third-order valence-electron chi connectivity index (χ3n) is 3.31. The summed E-state index contributed by atoms with van der Waals surface area (Å²) in [5.74, 6) is 0.260. The molecule has 0 aliphatic carbocycles. The SMILES string of the molecule is CC1CN(Cc2ccc(OC(F)(F)F)cc2)CC1N. The highest BCUT2D eigenvalue weighted by Gasteiger charge is 2.31. The lowest BCUT2D eigenvalue weighted by Crippen LogP contribution is -2.28. The van der Waals surface area contributed by atoms with Crippen LogP contribution in [0, 0.1) is 5.92 Å². The normalized spacial score (nSPS) is 24.7. The van der Waals surface area contributed by atoms with Crippen molar-refractivity contribution in [2.75, 3.05) is 13.1 Å². The zero-order chi connectivity index (χ0) is 14.0. The maximum absolute atomic E-state index is 12.0. The number of nitrogens with two attached hydrogens (primary N) is 1. The fraction of sp³-hybridized carbons (Fsp3) is 0.538. The Kier molecular flexibility index (Phi) is 4.01. The first-order valence-corrected chi connectivity index (χ1v) is 6.16. The highest BCUT2D eigenvalue weighted by molar-refractivity contribution is 5.27. The molecule has 0 spiro atoms. The zero-order valence-corrected chi connectivity index (χ0v) is 10.7. The van der Waals surface area contributed by atoms with E-state index in [4.69, 9.17) is 5.73 Å². The summed E-state index contributed by atoms with van der Waals surface area (Å²) in [6.45, 7) is 4.54. The average Bonchev–Trinajstić information content (AvgIpc) is 2.59. The van der Waals surface area contributed by atoms with E-state index in [-0.39, 0.29) is 11.8 Å². The Labute approximate surface area is 110 Å². The number of hydrogen-bond acceptors (Lipinski definition) is 3. The second-order valence-electron chi connectivity index (χ2n) is 5.03. The van der Waals surface area contributed by atoms with Gasteiger partial charge in [0.1, 0.15) is 5.75 Å². The minimum absolute atomic E-state index is 0.174. The molecule has 1 aliphatic rings. The predicted molar refractivity (Wildman–Crippen MR) is 65.5 cm³/mol. The first kappa shape index (κ1) is 14.1. The van der Waals surface area contributed by atoms with Gasteiger partial charge in [0, 0.05) is 25.7 Å². The summed E-state index contributed by atoms with van der Waals surface area (Å²) in [6, 6.07) is 6.14. The number of nitrogens with zero attached hydrogens (tertiary/aromatic N) is 1. The Bertz CT molecular complexity index is 409. The number of rotatable bonds is 3. The van der Waals surface area contributed by atoms with Gasteiger partial charge in [-0.3, -0.25) is 4.90 Å². The van der Waals surface area contributed by atoms with E-state index >= 15 is 0 Å². The number of hydrogen-bond donors (Lipinski definition) is 1. The largest absolute Gasteiger partial charge is 0.573 e. The van der Waals surface area contributed by atoms with Crippen LogP contribution >= 0.6 is 0 Å². The molecule has 2 atom stereocenters. The Balaban J connectivity index is 1.92. The number of likely N-dealkylation sites (tertiary alicyclic amines) is 1. The van der Waals surface area contributed by atoms with Gasteiger partial charge in [0.05, 0.1) is 0 Å². The summed E-state index contributed by atoms with van der Waals surface area (Å²) in [7, 11) is 0. The fourth-order valence-corrected chi connectivity index (χ4v) is 2.28.